The first-order chi connectivity index (χ1) is 9.08. The zero-order valence-corrected chi connectivity index (χ0v) is 11.6. The molecule has 3 unspecified atom stereocenters. The fraction of sp³-hybridized carbons (Fsp3) is 0.571. The number of rotatable bonds is 4. The smallest absolute Gasteiger partial charge is 0.240 e. The van der Waals surface area contributed by atoms with E-state index in [4.69, 9.17) is 5.11 Å². The Kier molecular flexibility index (Phi) is 3.37. The van der Waals surface area contributed by atoms with Crippen LogP contribution < -0.4 is 4.72 Å². The minimum Gasteiger partial charge on any atom is -0.392 e. The lowest BCUT2D eigenvalue weighted by atomic mass is 9.96. The Morgan fingerprint density at radius 2 is 1.89 bits per heavy atom. The van der Waals surface area contributed by atoms with Crippen molar-refractivity contribution in [2.45, 2.75) is 43.2 Å². The van der Waals surface area contributed by atoms with Gasteiger partial charge in [-0.15, -0.1) is 0 Å². The fourth-order valence-electron chi connectivity index (χ4n) is 3.43. The molecule has 2 aliphatic rings. The van der Waals surface area contributed by atoms with E-state index >= 15 is 0 Å². The number of hydrogen-bond donors (Lipinski definition) is 2. The van der Waals surface area contributed by atoms with E-state index in [1.807, 2.05) is 0 Å². The Bertz CT molecular complexity index is 553. The quantitative estimate of drug-likeness (QED) is 0.882. The number of aliphatic hydroxyl groups excluding tert-OH is 1. The van der Waals surface area contributed by atoms with E-state index in [-0.39, 0.29) is 17.5 Å². The predicted molar refractivity (Wildman–Crippen MR) is 71.9 cm³/mol. The SMILES string of the molecule is O=S(=O)(NC1CC2CCC1C2)c1ccc(CO)cc1. The molecule has 0 radical (unpaired) electrons. The Morgan fingerprint density at radius 3 is 2.42 bits per heavy atom. The first-order valence-corrected chi connectivity index (χ1v) is 8.29. The third kappa shape index (κ3) is 2.55. The molecule has 1 aromatic rings. The Labute approximate surface area is 113 Å². The van der Waals surface area contributed by atoms with Crippen LogP contribution in [0.2, 0.25) is 0 Å². The Hall–Kier alpha value is -0.910. The minimum absolute atomic E-state index is 0.0693. The molecule has 2 fully saturated rings. The summed E-state index contributed by atoms with van der Waals surface area (Å²) in [5, 5.41) is 8.97. The lowest BCUT2D eigenvalue weighted by Gasteiger charge is -2.22. The van der Waals surface area contributed by atoms with E-state index < -0.39 is 10.0 Å². The van der Waals surface area contributed by atoms with Gasteiger partial charge in [0.25, 0.3) is 0 Å². The number of hydrogen-bond acceptors (Lipinski definition) is 3. The standard InChI is InChI=1S/C14H19NO3S/c16-9-10-2-5-13(6-3-10)19(17,18)15-14-8-11-1-4-12(14)7-11/h2-3,5-6,11-12,14-16H,1,4,7-9H2. The summed E-state index contributed by atoms with van der Waals surface area (Å²) in [7, 11) is -3.42. The van der Waals surface area contributed by atoms with Crippen LogP contribution in [0.1, 0.15) is 31.2 Å². The van der Waals surface area contributed by atoms with Crippen molar-refractivity contribution in [2.24, 2.45) is 11.8 Å². The molecule has 19 heavy (non-hydrogen) atoms. The highest BCUT2D eigenvalue weighted by atomic mass is 32.2. The second kappa shape index (κ2) is 4.89. The van der Waals surface area contributed by atoms with Crippen LogP contribution in [0.5, 0.6) is 0 Å². The monoisotopic (exact) mass is 281 g/mol. The van der Waals surface area contributed by atoms with Gasteiger partial charge in [0.05, 0.1) is 11.5 Å². The maximum absolute atomic E-state index is 12.3. The number of aliphatic hydroxyl groups is 1. The lowest BCUT2D eigenvalue weighted by Crippen LogP contribution is -2.38. The molecule has 2 N–H and O–H groups in total. The topological polar surface area (TPSA) is 66.4 Å². The molecular weight excluding hydrogens is 262 g/mol. The molecule has 104 valence electrons. The van der Waals surface area contributed by atoms with Gasteiger partial charge in [0.2, 0.25) is 10.0 Å². The molecule has 0 spiro atoms. The van der Waals surface area contributed by atoms with Gasteiger partial charge in [-0.2, -0.15) is 0 Å². The molecule has 3 rings (SSSR count). The van der Waals surface area contributed by atoms with Crippen LogP contribution >= 0.6 is 0 Å². The van der Waals surface area contributed by atoms with E-state index in [1.165, 1.54) is 12.8 Å². The summed E-state index contributed by atoms with van der Waals surface area (Å²) in [4.78, 5) is 0.285. The van der Waals surface area contributed by atoms with Crippen molar-refractivity contribution in [3.05, 3.63) is 29.8 Å². The molecule has 2 saturated carbocycles. The normalized spacial score (nSPS) is 29.8. The zero-order valence-electron chi connectivity index (χ0n) is 10.7. The summed E-state index contributed by atoms with van der Waals surface area (Å²) in [6.45, 7) is -0.0693. The first kappa shape index (κ1) is 13.1. The third-order valence-corrected chi connectivity index (χ3v) is 5.97. The molecule has 2 bridgehead atoms. The molecule has 0 aromatic heterocycles. The molecule has 0 saturated heterocycles. The lowest BCUT2D eigenvalue weighted by molar-refractivity contribution is 0.282. The average Bonchev–Trinajstić information content (AvgIpc) is 3.00. The van der Waals surface area contributed by atoms with E-state index in [1.54, 1.807) is 24.3 Å². The fourth-order valence-corrected chi connectivity index (χ4v) is 4.75. The molecule has 0 heterocycles. The Balaban J connectivity index is 1.75. The first-order valence-electron chi connectivity index (χ1n) is 6.80. The van der Waals surface area contributed by atoms with Crippen molar-refractivity contribution in [3.8, 4) is 0 Å². The van der Waals surface area contributed by atoms with Gasteiger partial charge in [-0.1, -0.05) is 18.6 Å². The van der Waals surface area contributed by atoms with Crippen LogP contribution in [0.4, 0.5) is 0 Å². The average molecular weight is 281 g/mol. The zero-order chi connectivity index (χ0) is 13.5. The van der Waals surface area contributed by atoms with Crippen LogP contribution in [0, 0.1) is 11.8 Å². The van der Waals surface area contributed by atoms with E-state index in [0.29, 0.717) is 5.92 Å². The van der Waals surface area contributed by atoms with Crippen molar-refractivity contribution < 1.29 is 13.5 Å². The van der Waals surface area contributed by atoms with Crippen molar-refractivity contribution in [1.82, 2.24) is 4.72 Å². The van der Waals surface area contributed by atoms with Crippen LogP contribution in [0.3, 0.4) is 0 Å². The highest BCUT2D eigenvalue weighted by molar-refractivity contribution is 7.89. The minimum atomic E-state index is -3.42. The number of sulfonamides is 1. The van der Waals surface area contributed by atoms with Gasteiger partial charge in [-0.3, -0.25) is 0 Å². The summed E-state index contributed by atoms with van der Waals surface area (Å²) >= 11 is 0. The highest BCUT2D eigenvalue weighted by Crippen LogP contribution is 2.44. The van der Waals surface area contributed by atoms with Crippen LogP contribution in [-0.4, -0.2) is 19.6 Å². The molecule has 3 atom stereocenters. The van der Waals surface area contributed by atoms with Crippen molar-refractivity contribution in [2.75, 3.05) is 0 Å². The van der Waals surface area contributed by atoms with E-state index in [9.17, 15) is 8.42 Å². The van der Waals surface area contributed by atoms with Crippen molar-refractivity contribution in [1.29, 1.82) is 0 Å². The number of benzene rings is 1. The van der Waals surface area contributed by atoms with E-state index in [0.717, 1.165) is 24.3 Å². The highest BCUT2D eigenvalue weighted by Gasteiger charge is 2.41. The summed E-state index contributed by atoms with van der Waals surface area (Å²) in [5.74, 6) is 1.24. The number of fused-ring (bicyclic) bond motifs is 2. The van der Waals surface area contributed by atoms with Gasteiger partial charge in [0.15, 0.2) is 0 Å². The maximum Gasteiger partial charge on any atom is 0.240 e. The van der Waals surface area contributed by atoms with Crippen LogP contribution in [0.15, 0.2) is 29.2 Å². The van der Waals surface area contributed by atoms with Gasteiger partial charge < -0.3 is 5.11 Å². The maximum atomic E-state index is 12.3. The molecule has 4 nitrogen and oxygen atoms in total. The van der Waals surface area contributed by atoms with E-state index in [2.05, 4.69) is 4.72 Å². The molecule has 0 amide bonds. The van der Waals surface area contributed by atoms with Gasteiger partial charge >= 0.3 is 0 Å². The summed E-state index contributed by atoms with van der Waals surface area (Å²) in [6.07, 6.45) is 4.57. The second-order valence-corrected chi connectivity index (χ2v) is 7.42. The third-order valence-electron chi connectivity index (χ3n) is 4.46. The van der Waals surface area contributed by atoms with Crippen LogP contribution in [-0.2, 0) is 16.6 Å². The molecular formula is C14H19NO3S. The number of nitrogens with one attached hydrogen (secondary N) is 1. The van der Waals surface area contributed by atoms with Gasteiger partial charge in [0.1, 0.15) is 0 Å². The predicted octanol–water partition coefficient (Wildman–Crippen LogP) is 1.65. The summed E-state index contributed by atoms with van der Waals surface area (Å²) < 4.78 is 27.4. The van der Waals surface area contributed by atoms with Gasteiger partial charge in [-0.05, 0) is 48.8 Å². The van der Waals surface area contributed by atoms with Crippen molar-refractivity contribution >= 4 is 10.0 Å². The molecule has 2 aliphatic carbocycles. The molecule has 5 heteroatoms. The summed E-state index contributed by atoms with van der Waals surface area (Å²) in [5.41, 5.74) is 0.721. The Morgan fingerprint density at radius 1 is 1.16 bits per heavy atom. The largest absolute Gasteiger partial charge is 0.392 e. The second-order valence-electron chi connectivity index (χ2n) is 5.70. The molecule has 0 aliphatic heterocycles. The van der Waals surface area contributed by atoms with Crippen LogP contribution in [0.25, 0.3) is 0 Å². The van der Waals surface area contributed by atoms with Gasteiger partial charge in [0, 0.05) is 6.04 Å². The molecule has 1 aromatic carbocycles. The van der Waals surface area contributed by atoms with Gasteiger partial charge in [-0.25, -0.2) is 13.1 Å². The summed E-state index contributed by atoms with van der Waals surface area (Å²) in [6, 6.07) is 6.52. The van der Waals surface area contributed by atoms with Crippen molar-refractivity contribution in [3.63, 3.8) is 0 Å².